The monoisotopic (exact) mass is 479 g/mol. The molecule has 1 aliphatic carbocycles. The number of fused-ring (bicyclic) bond motifs is 1. The van der Waals surface area contributed by atoms with Crippen molar-refractivity contribution in [3.63, 3.8) is 0 Å². The number of aryl methyl sites for hydroxylation is 1. The van der Waals surface area contributed by atoms with Crippen LogP contribution in [0.3, 0.4) is 0 Å². The van der Waals surface area contributed by atoms with Crippen LogP contribution in [0.2, 0.25) is 5.02 Å². The second-order valence-corrected chi connectivity index (χ2v) is 11.8. The van der Waals surface area contributed by atoms with E-state index in [0.29, 0.717) is 0 Å². The summed E-state index contributed by atoms with van der Waals surface area (Å²) in [6.07, 6.45) is 6.45. The number of hydrogen-bond acceptors (Lipinski definition) is 4. The van der Waals surface area contributed by atoms with Crippen LogP contribution in [0.15, 0.2) is 69.6 Å². The smallest absolute Gasteiger partial charge is 0.129 e. The van der Waals surface area contributed by atoms with Gasteiger partial charge in [-0.05, 0) is 54.8 Å². The molecule has 3 heterocycles. The van der Waals surface area contributed by atoms with Gasteiger partial charge in [0.2, 0.25) is 0 Å². The maximum atomic E-state index is 6.25. The highest BCUT2D eigenvalue weighted by atomic mass is 35.5. The van der Waals surface area contributed by atoms with E-state index in [0.717, 1.165) is 16.6 Å². The number of halogens is 1. The van der Waals surface area contributed by atoms with E-state index in [1.807, 2.05) is 23.9 Å². The van der Waals surface area contributed by atoms with Gasteiger partial charge in [0.15, 0.2) is 0 Å². The first kappa shape index (κ1) is 20.8. The van der Waals surface area contributed by atoms with E-state index in [2.05, 4.69) is 71.1 Å². The molecule has 0 bridgehead atoms. The van der Waals surface area contributed by atoms with Crippen LogP contribution >= 0.6 is 35.1 Å². The molecule has 0 radical (unpaired) electrons. The van der Waals surface area contributed by atoms with E-state index in [1.165, 1.54) is 64.4 Å². The Labute approximate surface area is 203 Å². The third kappa shape index (κ3) is 3.41. The van der Waals surface area contributed by atoms with Crippen LogP contribution in [0.4, 0.5) is 0 Å². The summed E-state index contributed by atoms with van der Waals surface area (Å²) >= 11 is 10.3. The Morgan fingerprint density at radius 3 is 2.56 bits per heavy atom. The standard InChI is InChI=1S/C26H26ClN3S2/c1-17-21-22(19-10-12-20(27)13-11-19)23-25(31-24(21)29-28-17)30(16-18-8-4-2-5-9-18)26(32-23)14-6-3-7-15-26/h2,4-5,8-13,22H,3,6-7,14-16H2,1H3,(H,28,29). The Morgan fingerprint density at radius 1 is 1.06 bits per heavy atom. The highest BCUT2D eigenvalue weighted by molar-refractivity contribution is 8.08. The van der Waals surface area contributed by atoms with E-state index in [-0.39, 0.29) is 10.8 Å². The molecule has 1 fully saturated rings. The zero-order valence-electron chi connectivity index (χ0n) is 18.1. The minimum absolute atomic E-state index is 0.150. The number of thioether (sulfide) groups is 2. The number of hydrogen-bond donors (Lipinski definition) is 1. The highest BCUT2D eigenvalue weighted by Crippen LogP contribution is 2.64. The molecular formula is C26H26ClN3S2. The van der Waals surface area contributed by atoms with E-state index >= 15 is 0 Å². The summed E-state index contributed by atoms with van der Waals surface area (Å²) in [5, 5.41) is 11.3. The minimum Gasteiger partial charge on any atom is -0.346 e. The maximum absolute atomic E-state index is 6.25. The first-order chi connectivity index (χ1) is 15.6. The van der Waals surface area contributed by atoms with Crippen LogP contribution in [0.5, 0.6) is 0 Å². The summed E-state index contributed by atoms with van der Waals surface area (Å²) < 4.78 is 0. The Hall–Kier alpha value is -1.82. The molecule has 0 saturated heterocycles. The van der Waals surface area contributed by atoms with Crippen molar-refractivity contribution in [3.05, 3.63) is 91.9 Å². The number of benzene rings is 2. The van der Waals surface area contributed by atoms with Gasteiger partial charge in [-0.25, -0.2) is 0 Å². The summed E-state index contributed by atoms with van der Waals surface area (Å²) in [4.78, 5) is 4.37. The van der Waals surface area contributed by atoms with Crippen LogP contribution in [0, 0.1) is 6.92 Å². The largest absolute Gasteiger partial charge is 0.346 e. The Kier molecular flexibility index (Phi) is 5.32. The van der Waals surface area contributed by atoms with Crippen LogP contribution in [-0.2, 0) is 6.54 Å². The normalized spacial score (nSPS) is 21.7. The first-order valence-corrected chi connectivity index (χ1v) is 13.4. The highest BCUT2D eigenvalue weighted by Gasteiger charge is 2.51. The van der Waals surface area contributed by atoms with E-state index in [1.54, 1.807) is 0 Å². The minimum atomic E-state index is 0.150. The lowest BCUT2D eigenvalue weighted by atomic mass is 9.90. The third-order valence-corrected chi connectivity index (χ3v) is 10.2. The fourth-order valence-corrected chi connectivity index (χ4v) is 8.79. The van der Waals surface area contributed by atoms with Gasteiger partial charge in [0.25, 0.3) is 0 Å². The van der Waals surface area contributed by atoms with Crippen molar-refractivity contribution in [2.45, 2.75) is 61.4 Å². The number of H-pyrrole nitrogens is 1. The van der Waals surface area contributed by atoms with Gasteiger partial charge in [0.1, 0.15) is 5.03 Å². The fourth-order valence-electron chi connectivity index (χ4n) is 5.40. The van der Waals surface area contributed by atoms with Crippen LogP contribution in [0.1, 0.15) is 60.4 Å². The lowest BCUT2D eigenvalue weighted by molar-refractivity contribution is 0.179. The van der Waals surface area contributed by atoms with Crippen molar-refractivity contribution in [1.29, 1.82) is 0 Å². The van der Waals surface area contributed by atoms with Gasteiger partial charge in [-0.3, -0.25) is 5.10 Å². The Balaban J connectivity index is 1.49. The zero-order valence-corrected chi connectivity index (χ0v) is 20.5. The maximum Gasteiger partial charge on any atom is 0.129 e. The average Bonchev–Trinajstić information content (AvgIpc) is 3.32. The molecule has 0 amide bonds. The zero-order chi connectivity index (χ0) is 21.7. The molecule has 1 unspecified atom stereocenters. The van der Waals surface area contributed by atoms with Gasteiger partial charge < -0.3 is 4.90 Å². The number of rotatable bonds is 3. The molecule has 6 rings (SSSR count). The molecule has 164 valence electrons. The van der Waals surface area contributed by atoms with Crippen molar-refractivity contribution >= 4 is 35.1 Å². The van der Waals surface area contributed by atoms with Crippen LogP contribution < -0.4 is 0 Å². The van der Waals surface area contributed by atoms with Crippen molar-refractivity contribution < 1.29 is 0 Å². The summed E-state index contributed by atoms with van der Waals surface area (Å²) in [5.74, 6) is 0.210. The van der Waals surface area contributed by atoms with Gasteiger partial charge in [-0.2, -0.15) is 5.10 Å². The molecule has 1 aromatic heterocycles. The third-order valence-electron chi connectivity index (χ3n) is 6.97. The van der Waals surface area contributed by atoms with Gasteiger partial charge in [-0.15, -0.1) is 0 Å². The molecule has 6 heteroatoms. The lowest BCUT2D eigenvalue weighted by Crippen LogP contribution is -2.42. The Bertz CT molecular complexity index is 1160. The van der Waals surface area contributed by atoms with Gasteiger partial charge in [0.05, 0.1) is 9.90 Å². The average molecular weight is 480 g/mol. The van der Waals surface area contributed by atoms with Crippen molar-refractivity contribution in [2.24, 2.45) is 0 Å². The predicted molar refractivity (Wildman–Crippen MR) is 135 cm³/mol. The molecular weight excluding hydrogens is 454 g/mol. The molecule has 2 aliphatic heterocycles. The fraction of sp³-hybridized carbons (Fsp3) is 0.346. The predicted octanol–water partition coefficient (Wildman–Crippen LogP) is 7.69. The second kappa shape index (κ2) is 8.19. The molecule has 3 aromatic rings. The molecule has 32 heavy (non-hydrogen) atoms. The van der Waals surface area contributed by atoms with Crippen molar-refractivity contribution in [2.75, 3.05) is 0 Å². The molecule has 3 aliphatic rings. The van der Waals surface area contributed by atoms with Gasteiger partial charge in [0, 0.05) is 33.6 Å². The number of aromatic amines is 1. The van der Waals surface area contributed by atoms with Gasteiger partial charge in [-0.1, -0.05) is 85.1 Å². The first-order valence-electron chi connectivity index (χ1n) is 11.4. The lowest BCUT2D eigenvalue weighted by Gasteiger charge is -2.43. The molecule has 1 spiro atoms. The van der Waals surface area contributed by atoms with Gasteiger partial charge >= 0.3 is 0 Å². The van der Waals surface area contributed by atoms with Crippen LogP contribution in [-0.4, -0.2) is 20.0 Å². The SMILES string of the molecule is Cc1[nH]nc2c1C(c1ccc(Cl)cc1)C1=C(S2)N(Cc2ccccc2)C2(CCCCC2)S1. The quantitative estimate of drug-likeness (QED) is 0.417. The summed E-state index contributed by atoms with van der Waals surface area (Å²) in [5.41, 5.74) is 5.17. The summed E-state index contributed by atoms with van der Waals surface area (Å²) in [6, 6.07) is 19.4. The Morgan fingerprint density at radius 2 is 1.81 bits per heavy atom. The van der Waals surface area contributed by atoms with Crippen LogP contribution in [0.25, 0.3) is 0 Å². The van der Waals surface area contributed by atoms with Crippen molar-refractivity contribution in [1.82, 2.24) is 15.1 Å². The second-order valence-electron chi connectivity index (χ2n) is 9.00. The number of aromatic nitrogens is 2. The molecule has 2 aromatic carbocycles. The molecule has 1 N–H and O–H groups in total. The molecule has 3 nitrogen and oxygen atoms in total. The van der Waals surface area contributed by atoms with Crippen molar-refractivity contribution in [3.8, 4) is 0 Å². The number of nitrogens with zero attached hydrogens (tertiary/aromatic N) is 2. The summed E-state index contributed by atoms with van der Waals surface area (Å²) in [7, 11) is 0. The number of allylic oxidation sites excluding steroid dienone is 1. The summed E-state index contributed by atoms with van der Waals surface area (Å²) in [6.45, 7) is 3.10. The van der Waals surface area contributed by atoms with E-state index in [9.17, 15) is 0 Å². The molecule has 1 atom stereocenters. The topological polar surface area (TPSA) is 31.9 Å². The van der Waals surface area contributed by atoms with E-state index in [4.69, 9.17) is 16.7 Å². The van der Waals surface area contributed by atoms with E-state index < -0.39 is 0 Å². The number of nitrogens with one attached hydrogen (secondary N) is 1. The molecule has 1 saturated carbocycles.